The summed E-state index contributed by atoms with van der Waals surface area (Å²) in [6, 6.07) is 4.75. The summed E-state index contributed by atoms with van der Waals surface area (Å²) >= 11 is 11.6. The summed E-state index contributed by atoms with van der Waals surface area (Å²) in [4.78, 5) is 11.8. The Labute approximate surface area is 117 Å². The van der Waals surface area contributed by atoms with E-state index >= 15 is 0 Å². The van der Waals surface area contributed by atoms with Crippen LogP contribution in [0.2, 0.25) is 10.0 Å². The Hall–Kier alpha value is -0.480. The van der Waals surface area contributed by atoms with Crippen LogP contribution in [0.15, 0.2) is 18.2 Å². The van der Waals surface area contributed by atoms with Crippen molar-refractivity contribution in [2.45, 2.75) is 19.4 Å². The molecule has 1 aromatic rings. The van der Waals surface area contributed by atoms with Gasteiger partial charge in [0.05, 0.1) is 10.0 Å². The molecule has 3 nitrogen and oxygen atoms in total. The molecule has 0 unspecified atom stereocenters. The number of carbonyl (C=O) groups excluding carboxylic acids is 1. The highest BCUT2D eigenvalue weighted by atomic mass is 35.5. The van der Waals surface area contributed by atoms with Crippen molar-refractivity contribution in [3.05, 3.63) is 33.8 Å². The molecular weight excluding hydrogens is 282 g/mol. The van der Waals surface area contributed by atoms with Crippen LogP contribution in [0.3, 0.4) is 0 Å². The van der Waals surface area contributed by atoms with Crippen molar-refractivity contribution < 1.29 is 4.79 Å². The van der Waals surface area contributed by atoms with E-state index < -0.39 is 5.54 Å². The normalized spacial score (nSPS) is 10.6. The molecule has 0 saturated carbocycles. The number of amides is 1. The van der Waals surface area contributed by atoms with Gasteiger partial charge >= 0.3 is 0 Å². The van der Waals surface area contributed by atoms with E-state index in [4.69, 9.17) is 28.9 Å². The first kappa shape index (κ1) is 16.5. The zero-order chi connectivity index (χ0) is 12.3. The summed E-state index contributed by atoms with van der Waals surface area (Å²) in [7, 11) is 0. The Bertz CT molecular complexity index is 408. The van der Waals surface area contributed by atoms with Crippen LogP contribution >= 0.6 is 35.6 Å². The summed E-state index contributed by atoms with van der Waals surface area (Å²) in [5, 5.41) is 3.59. The number of nitrogens with two attached hydrogens (primary N) is 1. The summed E-state index contributed by atoms with van der Waals surface area (Å²) in [6.07, 6.45) is 0. The maximum Gasteiger partial charge on any atom is 0.251 e. The molecule has 0 radical (unpaired) electrons. The highest BCUT2D eigenvalue weighted by Gasteiger charge is 2.19. The first-order valence-corrected chi connectivity index (χ1v) is 5.59. The van der Waals surface area contributed by atoms with Crippen LogP contribution in [-0.4, -0.2) is 18.0 Å². The first-order chi connectivity index (χ1) is 7.35. The minimum atomic E-state index is -0.441. The molecule has 1 amide bonds. The van der Waals surface area contributed by atoms with Crippen LogP contribution in [0, 0.1) is 0 Å². The predicted octanol–water partition coefficient (Wildman–Crippen LogP) is 2.88. The van der Waals surface area contributed by atoms with Crippen LogP contribution in [0.1, 0.15) is 24.2 Å². The van der Waals surface area contributed by atoms with Crippen LogP contribution in [0.4, 0.5) is 0 Å². The molecule has 96 valence electrons. The first-order valence-electron chi connectivity index (χ1n) is 4.83. The highest BCUT2D eigenvalue weighted by Crippen LogP contribution is 2.22. The fourth-order valence-corrected chi connectivity index (χ4v) is 1.37. The largest absolute Gasteiger partial charge is 0.346 e. The van der Waals surface area contributed by atoms with Gasteiger partial charge in [-0.15, -0.1) is 12.4 Å². The van der Waals surface area contributed by atoms with Crippen LogP contribution < -0.4 is 11.1 Å². The standard InChI is InChI=1S/C11H14Cl2N2O.ClH/c1-11(2,6-14)15-10(16)7-3-4-8(12)9(13)5-7;/h3-5H,6,14H2,1-2H3,(H,15,16);1H. The number of nitrogens with one attached hydrogen (secondary N) is 1. The predicted molar refractivity (Wildman–Crippen MR) is 74.3 cm³/mol. The fourth-order valence-electron chi connectivity index (χ4n) is 1.07. The fraction of sp³-hybridized carbons (Fsp3) is 0.364. The van der Waals surface area contributed by atoms with Gasteiger partial charge < -0.3 is 11.1 Å². The van der Waals surface area contributed by atoms with Gasteiger partial charge in [-0.05, 0) is 32.0 Å². The summed E-state index contributed by atoms with van der Waals surface area (Å²) < 4.78 is 0. The number of benzene rings is 1. The SMILES string of the molecule is CC(C)(CN)NC(=O)c1ccc(Cl)c(Cl)c1.Cl. The van der Waals surface area contributed by atoms with Crippen LogP contribution in [-0.2, 0) is 0 Å². The summed E-state index contributed by atoms with van der Waals surface area (Å²) in [5.41, 5.74) is 5.55. The molecule has 1 rings (SSSR count). The number of hydrogen-bond acceptors (Lipinski definition) is 2. The average Bonchev–Trinajstić information content (AvgIpc) is 2.21. The van der Waals surface area contributed by atoms with E-state index in [1.54, 1.807) is 12.1 Å². The minimum Gasteiger partial charge on any atom is -0.346 e. The third kappa shape index (κ3) is 4.72. The molecule has 3 N–H and O–H groups in total. The van der Waals surface area contributed by atoms with Gasteiger partial charge in [-0.25, -0.2) is 0 Å². The zero-order valence-corrected chi connectivity index (χ0v) is 11.9. The number of halogens is 3. The second kappa shape index (κ2) is 6.45. The summed E-state index contributed by atoms with van der Waals surface area (Å²) in [5.74, 6) is -0.214. The van der Waals surface area contributed by atoms with Gasteiger partial charge in [-0.1, -0.05) is 23.2 Å². The van der Waals surface area contributed by atoms with Gasteiger partial charge in [0.25, 0.3) is 5.91 Å². The third-order valence-electron chi connectivity index (χ3n) is 2.14. The Morgan fingerprint density at radius 3 is 2.41 bits per heavy atom. The molecule has 0 aromatic heterocycles. The Morgan fingerprint density at radius 2 is 1.94 bits per heavy atom. The van der Waals surface area contributed by atoms with E-state index in [1.807, 2.05) is 13.8 Å². The molecule has 0 bridgehead atoms. The maximum atomic E-state index is 11.8. The quantitative estimate of drug-likeness (QED) is 0.901. The van der Waals surface area contributed by atoms with Crippen molar-refractivity contribution in [3.8, 4) is 0 Å². The van der Waals surface area contributed by atoms with Crippen molar-refractivity contribution in [1.29, 1.82) is 0 Å². The number of rotatable bonds is 3. The lowest BCUT2D eigenvalue weighted by molar-refractivity contribution is 0.0915. The molecule has 0 aliphatic heterocycles. The van der Waals surface area contributed by atoms with Gasteiger partial charge in [0.2, 0.25) is 0 Å². The molecule has 17 heavy (non-hydrogen) atoms. The van der Waals surface area contributed by atoms with E-state index in [0.29, 0.717) is 22.2 Å². The van der Waals surface area contributed by atoms with Gasteiger partial charge in [0, 0.05) is 17.6 Å². The highest BCUT2D eigenvalue weighted by molar-refractivity contribution is 6.42. The molecule has 0 saturated heterocycles. The molecule has 0 heterocycles. The Kier molecular flexibility index (Phi) is 6.27. The smallest absolute Gasteiger partial charge is 0.251 e. The number of carbonyl (C=O) groups is 1. The second-order valence-corrected chi connectivity index (χ2v) is 4.99. The van der Waals surface area contributed by atoms with Gasteiger partial charge in [-0.3, -0.25) is 4.79 Å². The van der Waals surface area contributed by atoms with Crippen LogP contribution in [0.5, 0.6) is 0 Å². The Morgan fingerprint density at radius 1 is 1.35 bits per heavy atom. The monoisotopic (exact) mass is 296 g/mol. The van der Waals surface area contributed by atoms with Crippen LogP contribution in [0.25, 0.3) is 0 Å². The maximum absolute atomic E-state index is 11.8. The Balaban J connectivity index is 0.00000256. The lowest BCUT2D eigenvalue weighted by atomic mass is 10.1. The van der Waals surface area contributed by atoms with Gasteiger partial charge in [-0.2, -0.15) is 0 Å². The lowest BCUT2D eigenvalue weighted by Crippen LogP contribution is -2.48. The number of hydrogen-bond donors (Lipinski definition) is 2. The second-order valence-electron chi connectivity index (χ2n) is 4.17. The summed E-state index contributed by atoms with van der Waals surface area (Å²) in [6.45, 7) is 4.06. The van der Waals surface area contributed by atoms with E-state index in [-0.39, 0.29) is 18.3 Å². The van der Waals surface area contributed by atoms with Crippen molar-refractivity contribution >= 4 is 41.5 Å². The molecule has 6 heteroatoms. The zero-order valence-electron chi connectivity index (χ0n) is 9.59. The molecule has 0 aliphatic carbocycles. The average molecular weight is 298 g/mol. The topological polar surface area (TPSA) is 55.1 Å². The van der Waals surface area contributed by atoms with Gasteiger partial charge in [0.15, 0.2) is 0 Å². The van der Waals surface area contributed by atoms with Crippen molar-refractivity contribution in [1.82, 2.24) is 5.32 Å². The van der Waals surface area contributed by atoms with Crippen molar-refractivity contribution in [3.63, 3.8) is 0 Å². The van der Waals surface area contributed by atoms with Crippen molar-refractivity contribution in [2.75, 3.05) is 6.54 Å². The van der Waals surface area contributed by atoms with E-state index in [0.717, 1.165) is 0 Å². The molecular formula is C11H15Cl3N2O. The van der Waals surface area contributed by atoms with E-state index in [1.165, 1.54) is 6.07 Å². The van der Waals surface area contributed by atoms with E-state index in [9.17, 15) is 4.79 Å². The molecule has 0 aliphatic rings. The molecule has 0 atom stereocenters. The molecule has 1 aromatic carbocycles. The van der Waals surface area contributed by atoms with Crippen molar-refractivity contribution in [2.24, 2.45) is 5.73 Å². The van der Waals surface area contributed by atoms with Gasteiger partial charge in [0.1, 0.15) is 0 Å². The molecule has 0 spiro atoms. The lowest BCUT2D eigenvalue weighted by Gasteiger charge is -2.24. The minimum absolute atomic E-state index is 0. The molecule has 0 fully saturated rings. The third-order valence-corrected chi connectivity index (χ3v) is 2.88. The van der Waals surface area contributed by atoms with E-state index in [2.05, 4.69) is 5.32 Å².